The van der Waals surface area contributed by atoms with E-state index in [-0.39, 0.29) is 11.3 Å². The Morgan fingerprint density at radius 3 is 2.65 bits per heavy atom. The van der Waals surface area contributed by atoms with E-state index in [9.17, 15) is 14.9 Å². The van der Waals surface area contributed by atoms with Crippen LogP contribution in [0.15, 0.2) is 23.3 Å². The van der Waals surface area contributed by atoms with Gasteiger partial charge in [0.05, 0.1) is 4.92 Å². The van der Waals surface area contributed by atoms with E-state index in [0.29, 0.717) is 18.2 Å². The van der Waals surface area contributed by atoms with Gasteiger partial charge in [0.1, 0.15) is 5.69 Å². The van der Waals surface area contributed by atoms with Crippen LogP contribution in [0.2, 0.25) is 0 Å². The summed E-state index contributed by atoms with van der Waals surface area (Å²) in [6.45, 7) is 8.50. The Bertz CT molecular complexity index is 597. The maximum absolute atomic E-state index is 12.1. The number of nitrogens with zero attached hydrogens (tertiary/aromatic N) is 2. The molecule has 0 spiro atoms. The summed E-state index contributed by atoms with van der Waals surface area (Å²) in [7, 11) is 0. The summed E-state index contributed by atoms with van der Waals surface area (Å²) in [6.07, 6.45) is 1.80. The van der Waals surface area contributed by atoms with Gasteiger partial charge < -0.3 is 5.32 Å². The van der Waals surface area contributed by atoms with Gasteiger partial charge in [0.2, 0.25) is 0 Å². The molecule has 23 heavy (non-hydrogen) atoms. The van der Waals surface area contributed by atoms with Crippen LogP contribution >= 0.6 is 0 Å². The van der Waals surface area contributed by atoms with Gasteiger partial charge in [-0.3, -0.25) is 14.9 Å². The minimum atomic E-state index is -0.508. The van der Waals surface area contributed by atoms with Gasteiger partial charge in [0.25, 0.3) is 11.6 Å². The van der Waals surface area contributed by atoms with E-state index in [0.717, 1.165) is 18.6 Å². The molecule has 0 aliphatic carbocycles. The molecule has 1 aromatic carbocycles. The molecule has 0 heterocycles. The van der Waals surface area contributed by atoms with Crippen molar-refractivity contribution in [3.8, 4) is 0 Å². The number of carbonyl (C=O) groups is 1. The second-order valence-electron chi connectivity index (χ2n) is 5.74. The number of anilines is 1. The summed E-state index contributed by atoms with van der Waals surface area (Å²) in [4.78, 5) is 22.7. The Morgan fingerprint density at radius 2 is 2.09 bits per heavy atom. The Hall–Kier alpha value is -2.44. The van der Waals surface area contributed by atoms with Gasteiger partial charge in [0.15, 0.2) is 0 Å². The lowest BCUT2D eigenvalue weighted by Gasteiger charge is -2.07. The molecule has 0 aromatic heterocycles. The molecule has 0 unspecified atom stereocenters. The van der Waals surface area contributed by atoms with Crippen LogP contribution in [0, 0.1) is 16.0 Å². The van der Waals surface area contributed by atoms with Crippen molar-refractivity contribution < 1.29 is 9.72 Å². The first-order chi connectivity index (χ1) is 10.8. The van der Waals surface area contributed by atoms with Gasteiger partial charge in [-0.2, -0.15) is 5.10 Å². The zero-order valence-electron chi connectivity index (χ0n) is 14.0. The third kappa shape index (κ3) is 6.06. The molecule has 0 saturated heterocycles. The molecule has 2 N–H and O–H groups in total. The van der Waals surface area contributed by atoms with Gasteiger partial charge in [0, 0.05) is 23.9 Å². The number of benzene rings is 1. The Morgan fingerprint density at radius 1 is 1.39 bits per heavy atom. The molecule has 0 aliphatic heterocycles. The van der Waals surface area contributed by atoms with E-state index in [1.807, 2.05) is 13.8 Å². The lowest BCUT2D eigenvalue weighted by atomic mass is 10.1. The summed E-state index contributed by atoms with van der Waals surface area (Å²) in [5.41, 5.74) is 3.75. The number of rotatable bonds is 8. The third-order valence-electron chi connectivity index (χ3n) is 3.26. The maximum Gasteiger partial charge on any atom is 0.293 e. The molecule has 0 fully saturated rings. The van der Waals surface area contributed by atoms with E-state index in [2.05, 4.69) is 29.7 Å². The van der Waals surface area contributed by atoms with Gasteiger partial charge in [-0.15, -0.1) is 0 Å². The van der Waals surface area contributed by atoms with E-state index >= 15 is 0 Å². The fourth-order valence-corrected chi connectivity index (χ4v) is 1.93. The SMILES string of the molecule is CCNc1ccc(C(=O)N/N=C(/C)CCC(C)C)cc1[N+](=O)[O-]. The van der Waals surface area contributed by atoms with Gasteiger partial charge in [-0.1, -0.05) is 13.8 Å². The average molecular weight is 320 g/mol. The highest BCUT2D eigenvalue weighted by Crippen LogP contribution is 2.25. The van der Waals surface area contributed by atoms with Crippen LogP contribution in [0.3, 0.4) is 0 Å². The molecule has 126 valence electrons. The first-order valence-electron chi connectivity index (χ1n) is 7.71. The molecule has 7 nitrogen and oxygen atoms in total. The number of carbonyl (C=O) groups excluding carboxylic acids is 1. The molecule has 1 rings (SSSR count). The van der Waals surface area contributed by atoms with Crippen LogP contribution < -0.4 is 10.7 Å². The lowest BCUT2D eigenvalue weighted by Crippen LogP contribution is -2.19. The molecule has 7 heteroatoms. The van der Waals surface area contributed by atoms with Crippen LogP contribution in [-0.4, -0.2) is 23.1 Å². The van der Waals surface area contributed by atoms with Crippen molar-refractivity contribution in [2.45, 2.75) is 40.5 Å². The first kappa shape index (κ1) is 18.6. The quantitative estimate of drug-likeness (QED) is 0.435. The number of nitro benzene ring substituents is 1. The molecule has 1 amide bonds. The van der Waals surface area contributed by atoms with Gasteiger partial charge in [-0.05, 0) is 44.7 Å². The van der Waals surface area contributed by atoms with Crippen LogP contribution in [-0.2, 0) is 0 Å². The minimum Gasteiger partial charge on any atom is -0.380 e. The van der Waals surface area contributed by atoms with Gasteiger partial charge in [-0.25, -0.2) is 5.43 Å². The largest absolute Gasteiger partial charge is 0.380 e. The van der Waals surface area contributed by atoms with Crippen molar-refractivity contribution in [3.63, 3.8) is 0 Å². The topological polar surface area (TPSA) is 96.6 Å². The summed E-state index contributed by atoms with van der Waals surface area (Å²) in [5, 5.41) is 18.0. The minimum absolute atomic E-state index is 0.125. The van der Waals surface area contributed by atoms with Crippen molar-refractivity contribution >= 4 is 23.0 Å². The second-order valence-corrected chi connectivity index (χ2v) is 5.74. The molecule has 0 atom stereocenters. The van der Waals surface area contributed by atoms with Crippen molar-refractivity contribution in [1.29, 1.82) is 0 Å². The lowest BCUT2D eigenvalue weighted by molar-refractivity contribution is -0.384. The third-order valence-corrected chi connectivity index (χ3v) is 3.26. The zero-order chi connectivity index (χ0) is 17.4. The second kappa shape index (κ2) is 8.87. The Labute approximate surface area is 136 Å². The monoisotopic (exact) mass is 320 g/mol. The predicted molar refractivity (Wildman–Crippen MR) is 91.9 cm³/mol. The first-order valence-corrected chi connectivity index (χ1v) is 7.71. The summed E-state index contributed by atoms with van der Waals surface area (Å²) >= 11 is 0. The average Bonchev–Trinajstić information content (AvgIpc) is 2.51. The summed E-state index contributed by atoms with van der Waals surface area (Å²) in [6, 6.07) is 4.33. The van der Waals surface area contributed by atoms with E-state index < -0.39 is 10.8 Å². The number of amides is 1. The molecule has 0 radical (unpaired) electrons. The highest BCUT2D eigenvalue weighted by Gasteiger charge is 2.17. The Kier molecular flexibility index (Phi) is 7.18. The van der Waals surface area contributed by atoms with Crippen molar-refractivity contribution in [2.24, 2.45) is 11.0 Å². The fraction of sp³-hybridized carbons (Fsp3) is 0.500. The zero-order valence-corrected chi connectivity index (χ0v) is 14.0. The van der Waals surface area contributed by atoms with Crippen molar-refractivity contribution in [2.75, 3.05) is 11.9 Å². The van der Waals surface area contributed by atoms with Crippen LogP contribution in [0.5, 0.6) is 0 Å². The summed E-state index contributed by atoms with van der Waals surface area (Å²) < 4.78 is 0. The van der Waals surface area contributed by atoms with Gasteiger partial charge >= 0.3 is 0 Å². The van der Waals surface area contributed by atoms with E-state index in [4.69, 9.17) is 0 Å². The van der Waals surface area contributed by atoms with Crippen molar-refractivity contribution in [3.05, 3.63) is 33.9 Å². The highest BCUT2D eigenvalue weighted by molar-refractivity contribution is 5.96. The molecule has 0 aliphatic rings. The smallest absolute Gasteiger partial charge is 0.293 e. The number of nitrogens with one attached hydrogen (secondary N) is 2. The van der Waals surface area contributed by atoms with Crippen LogP contribution in [0.4, 0.5) is 11.4 Å². The predicted octanol–water partition coefficient (Wildman–Crippen LogP) is 3.57. The van der Waals surface area contributed by atoms with E-state index in [1.165, 1.54) is 12.1 Å². The van der Waals surface area contributed by atoms with Crippen LogP contribution in [0.1, 0.15) is 50.9 Å². The molecule has 0 saturated carbocycles. The highest BCUT2D eigenvalue weighted by atomic mass is 16.6. The van der Waals surface area contributed by atoms with E-state index in [1.54, 1.807) is 6.07 Å². The summed E-state index contributed by atoms with van der Waals surface area (Å²) in [5.74, 6) is 0.108. The normalized spacial score (nSPS) is 11.4. The Balaban J connectivity index is 2.82. The molecular formula is C16H24N4O3. The number of hydrogen-bond donors (Lipinski definition) is 2. The standard InChI is InChI=1S/C16H24N4O3/c1-5-17-14-9-8-13(10-15(14)20(22)23)16(21)19-18-12(4)7-6-11(2)3/h8-11,17H,5-7H2,1-4H3,(H,19,21)/b18-12-. The maximum atomic E-state index is 12.1. The number of hydrazone groups is 1. The molecule has 0 bridgehead atoms. The number of hydrogen-bond acceptors (Lipinski definition) is 5. The molecule has 1 aromatic rings. The molecular weight excluding hydrogens is 296 g/mol. The van der Waals surface area contributed by atoms with Crippen LogP contribution in [0.25, 0.3) is 0 Å². The number of nitro groups is 1. The van der Waals surface area contributed by atoms with Crippen molar-refractivity contribution in [1.82, 2.24) is 5.43 Å². The fourth-order valence-electron chi connectivity index (χ4n) is 1.93.